The monoisotopic (exact) mass is 630 g/mol. The van der Waals surface area contributed by atoms with Crippen molar-refractivity contribution < 1.29 is 0 Å². The molecule has 0 aliphatic carbocycles. The molecule has 0 heterocycles. The Kier molecular flexibility index (Phi) is 5.76. The molecule has 11 aromatic rings. The van der Waals surface area contributed by atoms with Gasteiger partial charge in [-0.15, -0.1) is 0 Å². The molecular weight excluding hydrogens is 601 g/mol. The van der Waals surface area contributed by atoms with E-state index in [-0.39, 0.29) is 0 Å². The molecule has 0 aliphatic rings. The minimum Gasteiger partial charge on any atom is -0.0622 e. The van der Waals surface area contributed by atoms with E-state index in [4.69, 9.17) is 0 Å². The summed E-state index contributed by atoms with van der Waals surface area (Å²) in [5.74, 6) is 0. The van der Waals surface area contributed by atoms with Crippen LogP contribution >= 0.6 is 0 Å². The van der Waals surface area contributed by atoms with Gasteiger partial charge in [0.05, 0.1) is 0 Å². The van der Waals surface area contributed by atoms with Crippen LogP contribution in [-0.4, -0.2) is 0 Å². The lowest BCUT2D eigenvalue weighted by Crippen LogP contribution is -1.90. The van der Waals surface area contributed by atoms with Gasteiger partial charge < -0.3 is 0 Å². The summed E-state index contributed by atoms with van der Waals surface area (Å²) in [6.07, 6.45) is 0. The Morgan fingerprint density at radius 2 is 0.580 bits per heavy atom. The second-order valence-electron chi connectivity index (χ2n) is 13.7. The summed E-state index contributed by atoms with van der Waals surface area (Å²) in [6.45, 7) is 0. The molecule has 0 amide bonds. The Morgan fingerprint density at radius 3 is 1.16 bits per heavy atom. The first kappa shape index (κ1) is 27.5. The third kappa shape index (κ3) is 4.06. The quantitative estimate of drug-likeness (QED) is 0.170. The lowest BCUT2D eigenvalue weighted by molar-refractivity contribution is 1.57. The van der Waals surface area contributed by atoms with Crippen molar-refractivity contribution in [1.82, 2.24) is 0 Å². The van der Waals surface area contributed by atoms with Gasteiger partial charge in [0.15, 0.2) is 0 Å². The standard InChI is InChI=1S/C50H30/c1-2-7-31(8-3-1)40-28-41(30-42(29-40)44-24-20-37-18-16-33-10-5-12-35-22-26-46(44)50(37)48(33)35)38-13-6-14-39(27-38)43-23-19-36-17-15-32-9-4-11-34-21-25-45(43)49(36)47(32)34/h1-30H. The molecule has 11 rings (SSSR count). The Labute approximate surface area is 290 Å². The molecule has 11 aromatic carbocycles. The van der Waals surface area contributed by atoms with Crippen LogP contribution in [0, 0.1) is 0 Å². The molecule has 0 saturated carbocycles. The van der Waals surface area contributed by atoms with E-state index in [9.17, 15) is 0 Å². The van der Waals surface area contributed by atoms with Gasteiger partial charge in [0.2, 0.25) is 0 Å². The number of benzene rings is 11. The zero-order chi connectivity index (χ0) is 32.8. The fraction of sp³-hybridized carbons (Fsp3) is 0. The van der Waals surface area contributed by atoms with Crippen molar-refractivity contribution in [3.05, 3.63) is 182 Å². The molecule has 0 N–H and O–H groups in total. The van der Waals surface area contributed by atoms with E-state index in [1.54, 1.807) is 0 Å². The van der Waals surface area contributed by atoms with Gasteiger partial charge in [-0.05, 0) is 133 Å². The van der Waals surface area contributed by atoms with Crippen LogP contribution in [0.3, 0.4) is 0 Å². The highest BCUT2D eigenvalue weighted by Crippen LogP contribution is 2.43. The second-order valence-corrected chi connectivity index (χ2v) is 13.7. The largest absolute Gasteiger partial charge is 0.0622 e. The predicted molar refractivity (Wildman–Crippen MR) is 216 cm³/mol. The Balaban J connectivity index is 1.13. The minimum atomic E-state index is 1.21. The summed E-state index contributed by atoms with van der Waals surface area (Å²) in [6, 6.07) is 67.7. The molecule has 0 spiro atoms. The van der Waals surface area contributed by atoms with Crippen LogP contribution in [0.1, 0.15) is 0 Å². The van der Waals surface area contributed by atoms with Crippen molar-refractivity contribution in [3.8, 4) is 44.5 Å². The van der Waals surface area contributed by atoms with Crippen molar-refractivity contribution in [2.45, 2.75) is 0 Å². The lowest BCUT2D eigenvalue weighted by Gasteiger charge is -2.17. The first-order valence-corrected chi connectivity index (χ1v) is 17.4. The summed E-state index contributed by atoms with van der Waals surface area (Å²) in [4.78, 5) is 0. The summed E-state index contributed by atoms with van der Waals surface area (Å²) < 4.78 is 0. The molecular formula is C50H30. The summed E-state index contributed by atoms with van der Waals surface area (Å²) in [7, 11) is 0. The normalized spacial score (nSPS) is 12.0. The van der Waals surface area contributed by atoms with E-state index in [1.807, 2.05) is 0 Å². The van der Waals surface area contributed by atoms with Crippen LogP contribution in [0.2, 0.25) is 0 Å². The summed E-state index contributed by atoms with van der Waals surface area (Å²) in [5, 5.41) is 15.8. The third-order valence-electron chi connectivity index (χ3n) is 10.9. The van der Waals surface area contributed by atoms with Crippen molar-refractivity contribution >= 4 is 64.6 Å². The smallest absolute Gasteiger partial charge is 0.00206 e. The van der Waals surface area contributed by atoms with E-state index in [0.29, 0.717) is 0 Å². The molecule has 0 saturated heterocycles. The maximum Gasteiger partial charge on any atom is -0.00206 e. The highest BCUT2D eigenvalue weighted by Gasteiger charge is 2.16. The Hall–Kier alpha value is -6.50. The lowest BCUT2D eigenvalue weighted by atomic mass is 9.87. The fourth-order valence-electron chi connectivity index (χ4n) is 8.59. The van der Waals surface area contributed by atoms with Crippen molar-refractivity contribution in [2.75, 3.05) is 0 Å². The zero-order valence-corrected chi connectivity index (χ0v) is 27.3. The number of hydrogen-bond donors (Lipinski definition) is 0. The first-order valence-electron chi connectivity index (χ1n) is 17.4. The van der Waals surface area contributed by atoms with E-state index >= 15 is 0 Å². The minimum absolute atomic E-state index is 1.21. The van der Waals surface area contributed by atoms with Gasteiger partial charge in [-0.25, -0.2) is 0 Å². The Bertz CT molecular complexity index is 3040. The van der Waals surface area contributed by atoms with Gasteiger partial charge in [0.25, 0.3) is 0 Å². The second kappa shape index (κ2) is 10.5. The summed E-state index contributed by atoms with van der Waals surface area (Å²) >= 11 is 0. The molecule has 230 valence electrons. The van der Waals surface area contributed by atoms with Gasteiger partial charge in [-0.3, -0.25) is 0 Å². The molecule has 0 bridgehead atoms. The molecule has 0 unspecified atom stereocenters. The number of hydrogen-bond acceptors (Lipinski definition) is 0. The van der Waals surface area contributed by atoms with Crippen molar-refractivity contribution in [2.24, 2.45) is 0 Å². The van der Waals surface area contributed by atoms with Crippen LogP contribution < -0.4 is 0 Å². The van der Waals surface area contributed by atoms with E-state index in [0.717, 1.165) is 0 Å². The zero-order valence-electron chi connectivity index (χ0n) is 27.3. The third-order valence-corrected chi connectivity index (χ3v) is 10.9. The summed E-state index contributed by atoms with van der Waals surface area (Å²) in [5.41, 5.74) is 9.86. The van der Waals surface area contributed by atoms with Crippen LogP contribution in [-0.2, 0) is 0 Å². The van der Waals surface area contributed by atoms with Crippen LogP contribution in [0.4, 0.5) is 0 Å². The van der Waals surface area contributed by atoms with Crippen LogP contribution in [0.5, 0.6) is 0 Å². The molecule has 0 aliphatic heterocycles. The van der Waals surface area contributed by atoms with Gasteiger partial charge in [-0.1, -0.05) is 158 Å². The van der Waals surface area contributed by atoms with E-state index in [1.165, 1.54) is 109 Å². The highest BCUT2D eigenvalue weighted by molar-refractivity contribution is 6.26. The topological polar surface area (TPSA) is 0 Å². The maximum atomic E-state index is 2.39. The molecule has 0 nitrogen and oxygen atoms in total. The number of rotatable bonds is 4. The first-order chi connectivity index (χ1) is 24.8. The average molecular weight is 631 g/mol. The van der Waals surface area contributed by atoms with Gasteiger partial charge in [-0.2, -0.15) is 0 Å². The van der Waals surface area contributed by atoms with Gasteiger partial charge in [0, 0.05) is 0 Å². The molecule has 0 atom stereocenters. The van der Waals surface area contributed by atoms with Gasteiger partial charge in [0.1, 0.15) is 0 Å². The maximum absolute atomic E-state index is 2.39. The van der Waals surface area contributed by atoms with Gasteiger partial charge >= 0.3 is 0 Å². The molecule has 50 heavy (non-hydrogen) atoms. The van der Waals surface area contributed by atoms with Crippen LogP contribution in [0.25, 0.3) is 109 Å². The Morgan fingerprint density at radius 1 is 0.200 bits per heavy atom. The van der Waals surface area contributed by atoms with Crippen LogP contribution in [0.15, 0.2) is 182 Å². The average Bonchev–Trinajstić information content (AvgIpc) is 3.19. The van der Waals surface area contributed by atoms with E-state index < -0.39 is 0 Å². The molecule has 0 fully saturated rings. The molecule has 0 aromatic heterocycles. The van der Waals surface area contributed by atoms with Crippen molar-refractivity contribution in [3.63, 3.8) is 0 Å². The fourth-order valence-corrected chi connectivity index (χ4v) is 8.59. The molecule has 0 heteroatoms. The highest BCUT2D eigenvalue weighted by atomic mass is 14.2. The molecule has 0 radical (unpaired) electrons. The van der Waals surface area contributed by atoms with E-state index in [2.05, 4.69) is 182 Å². The van der Waals surface area contributed by atoms with Crippen molar-refractivity contribution in [1.29, 1.82) is 0 Å². The predicted octanol–water partition coefficient (Wildman–Crippen LogP) is 14.1. The SMILES string of the molecule is c1ccc(-c2cc(-c3cccc(-c4ccc5ccc6cccc7ccc4c5c67)c3)cc(-c3ccc4ccc5cccc6ccc3c4c56)c2)cc1.